The number of aromatic nitrogens is 2. The van der Waals surface area contributed by atoms with Gasteiger partial charge in [0.25, 0.3) is 5.69 Å². The molecule has 0 unspecified atom stereocenters. The van der Waals surface area contributed by atoms with Gasteiger partial charge in [-0.1, -0.05) is 12.1 Å². The normalized spacial score (nSPS) is 10.1. The molecule has 0 radical (unpaired) electrons. The Bertz CT molecular complexity index is 753. The second-order valence-electron chi connectivity index (χ2n) is 3.97. The van der Waals surface area contributed by atoms with Crippen molar-refractivity contribution >= 4 is 11.7 Å². The Kier molecular flexibility index (Phi) is 4.07. The molecule has 0 saturated heterocycles. The van der Waals surface area contributed by atoms with Crippen LogP contribution in [0.15, 0.2) is 35.3 Å². The molecule has 2 aromatic rings. The maximum atomic E-state index is 11.9. The number of carbonyl (C=O) groups excluding carboxylic acids is 1. The van der Waals surface area contributed by atoms with Gasteiger partial charge in [0.1, 0.15) is 5.56 Å². The molecule has 1 N–H and O–H groups in total. The minimum atomic E-state index is -0.714. The lowest BCUT2D eigenvalue weighted by Gasteiger charge is -2.08. The molecule has 0 spiro atoms. The highest BCUT2D eigenvalue weighted by molar-refractivity contribution is 5.96. The number of carbonyl (C=O) groups is 1. The van der Waals surface area contributed by atoms with Gasteiger partial charge in [-0.25, -0.2) is 14.6 Å². The van der Waals surface area contributed by atoms with Gasteiger partial charge in [-0.15, -0.1) is 0 Å². The van der Waals surface area contributed by atoms with Gasteiger partial charge >= 0.3 is 11.7 Å². The smallest absolute Gasteiger partial charge is 0.345 e. The second-order valence-corrected chi connectivity index (χ2v) is 3.97. The van der Waals surface area contributed by atoms with Crippen LogP contribution in [-0.4, -0.2) is 27.5 Å². The lowest BCUT2D eigenvalue weighted by Crippen LogP contribution is -2.17. The van der Waals surface area contributed by atoms with Crippen molar-refractivity contribution in [2.75, 3.05) is 6.61 Å². The van der Waals surface area contributed by atoms with E-state index in [-0.39, 0.29) is 29.1 Å². The number of benzene rings is 1. The number of nitro groups is 1. The van der Waals surface area contributed by atoms with Crippen LogP contribution in [0.1, 0.15) is 17.3 Å². The second kappa shape index (κ2) is 5.95. The summed E-state index contributed by atoms with van der Waals surface area (Å²) in [5.74, 6) is -0.714. The Hall–Kier alpha value is -3.03. The van der Waals surface area contributed by atoms with Crippen molar-refractivity contribution < 1.29 is 14.5 Å². The van der Waals surface area contributed by atoms with Crippen LogP contribution in [0.4, 0.5) is 5.69 Å². The first-order valence-electron chi connectivity index (χ1n) is 6.04. The van der Waals surface area contributed by atoms with Gasteiger partial charge in [-0.05, 0) is 13.0 Å². The molecule has 0 saturated carbocycles. The molecule has 1 heterocycles. The molecule has 0 bridgehead atoms. The van der Waals surface area contributed by atoms with Gasteiger partial charge in [0.2, 0.25) is 0 Å². The van der Waals surface area contributed by atoms with E-state index in [0.717, 1.165) is 6.20 Å². The summed E-state index contributed by atoms with van der Waals surface area (Å²) in [5.41, 5.74) is -0.849. The van der Waals surface area contributed by atoms with Gasteiger partial charge in [-0.2, -0.15) is 0 Å². The number of aromatic amines is 1. The molecule has 8 heteroatoms. The zero-order chi connectivity index (χ0) is 15.4. The van der Waals surface area contributed by atoms with Crippen molar-refractivity contribution in [3.63, 3.8) is 0 Å². The van der Waals surface area contributed by atoms with Crippen molar-refractivity contribution in [3.8, 4) is 11.3 Å². The fourth-order valence-electron chi connectivity index (χ4n) is 1.81. The number of H-pyrrole nitrogens is 1. The van der Waals surface area contributed by atoms with Crippen molar-refractivity contribution in [2.24, 2.45) is 0 Å². The number of rotatable bonds is 4. The maximum Gasteiger partial charge on any atom is 0.345 e. The van der Waals surface area contributed by atoms with Crippen molar-refractivity contribution in [1.29, 1.82) is 0 Å². The molecule has 2 rings (SSSR count). The number of nitro benzene ring substituents is 1. The minimum Gasteiger partial charge on any atom is -0.462 e. The van der Waals surface area contributed by atoms with Gasteiger partial charge in [-0.3, -0.25) is 10.1 Å². The van der Waals surface area contributed by atoms with Gasteiger partial charge < -0.3 is 9.72 Å². The van der Waals surface area contributed by atoms with Crippen LogP contribution in [0.3, 0.4) is 0 Å². The standard InChI is InChI=1S/C13H11N3O5/c1-2-21-12(17)9-7-14-13(18)15-11(9)8-5-3-4-6-10(8)16(19)20/h3-7H,2H2,1H3,(H,14,15,18). The monoisotopic (exact) mass is 289 g/mol. The molecule has 21 heavy (non-hydrogen) atoms. The number of nitrogens with zero attached hydrogens (tertiary/aromatic N) is 2. The highest BCUT2D eigenvalue weighted by Gasteiger charge is 2.22. The maximum absolute atomic E-state index is 11.9. The summed E-state index contributed by atoms with van der Waals surface area (Å²) in [5, 5.41) is 11.1. The van der Waals surface area contributed by atoms with Crippen LogP contribution in [0.25, 0.3) is 11.3 Å². The lowest BCUT2D eigenvalue weighted by atomic mass is 10.1. The third-order valence-electron chi connectivity index (χ3n) is 2.68. The van der Waals surface area contributed by atoms with E-state index < -0.39 is 16.6 Å². The van der Waals surface area contributed by atoms with Crippen LogP contribution in [-0.2, 0) is 4.74 Å². The number of esters is 1. The van der Waals surface area contributed by atoms with E-state index >= 15 is 0 Å². The first-order valence-corrected chi connectivity index (χ1v) is 6.04. The van der Waals surface area contributed by atoms with Crippen LogP contribution in [0.2, 0.25) is 0 Å². The Morgan fingerprint density at radius 1 is 1.43 bits per heavy atom. The quantitative estimate of drug-likeness (QED) is 0.518. The average molecular weight is 289 g/mol. The van der Waals surface area contributed by atoms with Crippen LogP contribution < -0.4 is 5.69 Å². The largest absolute Gasteiger partial charge is 0.462 e. The Labute approximate surface area is 118 Å². The van der Waals surface area contributed by atoms with E-state index in [9.17, 15) is 19.7 Å². The predicted octanol–water partition coefficient (Wildman–Crippen LogP) is 1.52. The van der Waals surface area contributed by atoms with E-state index in [1.807, 2.05) is 0 Å². The van der Waals surface area contributed by atoms with E-state index in [1.165, 1.54) is 18.2 Å². The molecule has 0 aliphatic carbocycles. The molecular formula is C13H11N3O5. The first-order chi connectivity index (χ1) is 10.0. The third kappa shape index (κ3) is 2.94. The number of hydrogen-bond acceptors (Lipinski definition) is 6. The highest BCUT2D eigenvalue weighted by Crippen LogP contribution is 2.29. The summed E-state index contributed by atoms with van der Waals surface area (Å²) in [6, 6.07) is 5.77. The lowest BCUT2D eigenvalue weighted by molar-refractivity contribution is -0.384. The molecule has 0 fully saturated rings. The Morgan fingerprint density at radius 2 is 2.14 bits per heavy atom. The van der Waals surface area contributed by atoms with E-state index in [0.29, 0.717) is 0 Å². The number of para-hydroxylation sites is 1. The Balaban J connectivity index is 2.69. The summed E-state index contributed by atoms with van der Waals surface area (Å²) in [6.07, 6.45) is 1.04. The average Bonchev–Trinajstić information content (AvgIpc) is 2.47. The molecule has 8 nitrogen and oxygen atoms in total. The predicted molar refractivity (Wildman–Crippen MR) is 72.9 cm³/mol. The molecule has 0 aliphatic rings. The van der Waals surface area contributed by atoms with Crippen molar-refractivity contribution in [3.05, 3.63) is 56.6 Å². The highest BCUT2D eigenvalue weighted by atomic mass is 16.6. The van der Waals surface area contributed by atoms with Gasteiger partial charge in [0, 0.05) is 12.3 Å². The van der Waals surface area contributed by atoms with E-state index in [2.05, 4.69) is 9.97 Å². The number of ether oxygens (including phenoxy) is 1. The van der Waals surface area contributed by atoms with Crippen LogP contribution >= 0.6 is 0 Å². The Morgan fingerprint density at radius 3 is 2.81 bits per heavy atom. The summed E-state index contributed by atoms with van der Waals surface area (Å²) in [4.78, 5) is 39.6. The molecule has 0 atom stereocenters. The van der Waals surface area contributed by atoms with Crippen molar-refractivity contribution in [2.45, 2.75) is 6.92 Å². The number of nitrogens with one attached hydrogen (secondary N) is 1. The molecule has 1 aromatic carbocycles. The van der Waals surface area contributed by atoms with E-state index in [4.69, 9.17) is 4.74 Å². The fraction of sp³-hybridized carbons (Fsp3) is 0.154. The summed E-state index contributed by atoms with van der Waals surface area (Å²) >= 11 is 0. The van der Waals surface area contributed by atoms with Gasteiger partial charge in [0.15, 0.2) is 0 Å². The molecule has 108 valence electrons. The van der Waals surface area contributed by atoms with E-state index in [1.54, 1.807) is 13.0 Å². The summed E-state index contributed by atoms with van der Waals surface area (Å²) in [7, 11) is 0. The molecular weight excluding hydrogens is 278 g/mol. The first kappa shape index (κ1) is 14.4. The number of hydrogen-bond donors (Lipinski definition) is 1. The summed E-state index contributed by atoms with van der Waals surface area (Å²) in [6.45, 7) is 1.76. The third-order valence-corrected chi connectivity index (χ3v) is 2.68. The summed E-state index contributed by atoms with van der Waals surface area (Å²) < 4.78 is 4.86. The molecule has 0 aliphatic heterocycles. The zero-order valence-corrected chi connectivity index (χ0v) is 11.0. The van der Waals surface area contributed by atoms with Crippen LogP contribution in [0.5, 0.6) is 0 Å². The van der Waals surface area contributed by atoms with Gasteiger partial charge in [0.05, 0.1) is 22.8 Å². The van der Waals surface area contributed by atoms with Crippen molar-refractivity contribution in [1.82, 2.24) is 9.97 Å². The molecule has 1 aromatic heterocycles. The minimum absolute atomic E-state index is 0.0146. The SMILES string of the molecule is CCOC(=O)c1cnc(=O)[nH]c1-c1ccccc1[N+](=O)[O-]. The van der Waals surface area contributed by atoms with Crippen LogP contribution in [0, 0.1) is 10.1 Å². The zero-order valence-electron chi connectivity index (χ0n) is 11.0. The topological polar surface area (TPSA) is 115 Å². The molecule has 0 amide bonds. The fourth-order valence-corrected chi connectivity index (χ4v) is 1.81.